The molecule has 196 valence electrons. The predicted molar refractivity (Wildman–Crippen MR) is 131 cm³/mol. The Bertz CT molecular complexity index is 1440. The highest BCUT2D eigenvalue weighted by atomic mass is 19.3. The Morgan fingerprint density at radius 2 is 1.97 bits per heavy atom. The number of aryl methyl sites for hydroxylation is 1. The number of anilines is 1. The van der Waals surface area contributed by atoms with Gasteiger partial charge >= 0.3 is 0 Å². The number of fused-ring (bicyclic) bond motifs is 2. The number of likely N-dealkylation sites (tertiary alicyclic amines) is 1. The van der Waals surface area contributed by atoms with Crippen molar-refractivity contribution in [3.05, 3.63) is 63.5 Å². The van der Waals surface area contributed by atoms with Crippen LogP contribution in [0.1, 0.15) is 55.8 Å². The third kappa shape index (κ3) is 3.96. The topological polar surface area (TPSA) is 89.3 Å². The monoisotopic (exact) mass is 515 g/mol. The summed E-state index contributed by atoms with van der Waals surface area (Å²) in [6.45, 7) is 3.82. The number of pyridine rings is 1. The van der Waals surface area contributed by atoms with E-state index in [1.807, 2.05) is 0 Å². The molecule has 1 N–H and O–H groups in total. The van der Waals surface area contributed by atoms with E-state index in [4.69, 9.17) is 4.74 Å². The van der Waals surface area contributed by atoms with Gasteiger partial charge in [0.1, 0.15) is 29.2 Å². The Labute approximate surface area is 211 Å². The highest BCUT2D eigenvalue weighted by molar-refractivity contribution is 5.87. The zero-order valence-electron chi connectivity index (χ0n) is 21.0. The number of nitrogens with zero attached hydrogens (tertiary/aromatic N) is 4. The fraction of sp³-hybridized carbons (Fsp3) is 0.462. The molecule has 3 heterocycles. The molecule has 2 fully saturated rings. The summed E-state index contributed by atoms with van der Waals surface area (Å²) in [6.07, 6.45) is -0.561. The minimum atomic E-state index is -2.94. The molecule has 4 atom stereocenters. The molecule has 5 rings (SSSR count). The van der Waals surface area contributed by atoms with Gasteiger partial charge in [-0.3, -0.25) is 14.2 Å². The van der Waals surface area contributed by atoms with E-state index in [1.54, 1.807) is 32.0 Å². The van der Waals surface area contributed by atoms with Crippen LogP contribution in [-0.4, -0.2) is 45.0 Å². The third-order valence-corrected chi connectivity index (χ3v) is 7.91. The first-order chi connectivity index (χ1) is 17.6. The first-order valence-corrected chi connectivity index (χ1v) is 12.1. The average molecular weight is 516 g/mol. The van der Waals surface area contributed by atoms with E-state index in [9.17, 15) is 22.8 Å². The molecule has 1 aliphatic heterocycles. The molecule has 3 unspecified atom stereocenters. The van der Waals surface area contributed by atoms with Gasteiger partial charge in [-0.2, -0.15) is 0 Å². The maximum atomic E-state index is 14.8. The Hall–Kier alpha value is -3.47. The molecule has 11 heteroatoms. The van der Waals surface area contributed by atoms with E-state index in [0.717, 1.165) is 6.07 Å². The van der Waals surface area contributed by atoms with Crippen molar-refractivity contribution < 1.29 is 22.7 Å². The molecule has 2 aliphatic rings. The van der Waals surface area contributed by atoms with E-state index in [2.05, 4.69) is 15.3 Å². The van der Waals surface area contributed by atoms with Gasteiger partial charge in [0.05, 0.1) is 22.6 Å². The van der Waals surface area contributed by atoms with Crippen molar-refractivity contribution in [3.8, 4) is 0 Å². The molecule has 3 aromatic rings. The van der Waals surface area contributed by atoms with Crippen LogP contribution in [0.4, 0.5) is 19.0 Å². The Kier molecular flexibility index (Phi) is 6.21. The van der Waals surface area contributed by atoms with Crippen LogP contribution in [-0.2, 0) is 22.2 Å². The van der Waals surface area contributed by atoms with Crippen LogP contribution < -0.4 is 10.9 Å². The summed E-state index contributed by atoms with van der Waals surface area (Å²) in [4.78, 5) is 35.9. The summed E-state index contributed by atoms with van der Waals surface area (Å²) in [7, 11) is 3.17. The summed E-state index contributed by atoms with van der Waals surface area (Å²) < 4.78 is 48.7. The number of hydrogen-bond donors (Lipinski definition) is 1. The first-order valence-electron chi connectivity index (χ1n) is 12.1. The highest BCUT2D eigenvalue weighted by Gasteiger charge is 2.56. The van der Waals surface area contributed by atoms with Gasteiger partial charge in [0, 0.05) is 51.6 Å². The number of methoxy groups -OCH3 is 1. The smallest absolute Gasteiger partial charge is 0.266 e. The Balaban J connectivity index is 1.56. The number of aromatic nitrogens is 3. The first kappa shape index (κ1) is 25.2. The van der Waals surface area contributed by atoms with E-state index in [1.165, 1.54) is 30.0 Å². The molecule has 0 radical (unpaired) electrons. The lowest BCUT2D eigenvalue weighted by Gasteiger charge is -2.43. The summed E-state index contributed by atoms with van der Waals surface area (Å²) in [6, 6.07) is 4.89. The quantitative estimate of drug-likeness (QED) is 0.533. The SMILES string of the molecule is COC1(c2cc3c(N[C@H](C)c4cccc(C(F)F)c4F)ncnc3n(C)c2=O)CC2CN(C(C)=O)C2C1. The second kappa shape index (κ2) is 9.13. The normalized spacial score (nSPS) is 23.7. The molecule has 1 amide bonds. The number of carbonyl (C=O) groups excluding carboxylic acids is 1. The van der Waals surface area contributed by atoms with Crippen LogP contribution in [0.5, 0.6) is 0 Å². The van der Waals surface area contributed by atoms with Crippen LogP contribution in [0.2, 0.25) is 0 Å². The highest BCUT2D eigenvalue weighted by Crippen LogP contribution is 2.51. The number of amides is 1. The van der Waals surface area contributed by atoms with E-state index < -0.39 is 29.4 Å². The molecule has 0 bridgehead atoms. The lowest BCUT2D eigenvalue weighted by Crippen LogP contribution is -2.55. The number of ether oxygens (including phenoxy) is 1. The van der Waals surface area contributed by atoms with E-state index in [0.29, 0.717) is 41.8 Å². The summed E-state index contributed by atoms with van der Waals surface area (Å²) in [5.74, 6) is -0.414. The van der Waals surface area contributed by atoms with Gasteiger partial charge in [0.2, 0.25) is 5.91 Å². The average Bonchev–Trinajstić information content (AvgIpc) is 3.13. The van der Waals surface area contributed by atoms with Gasteiger partial charge in [-0.15, -0.1) is 0 Å². The zero-order valence-corrected chi connectivity index (χ0v) is 21.0. The summed E-state index contributed by atoms with van der Waals surface area (Å²) in [5, 5.41) is 3.62. The summed E-state index contributed by atoms with van der Waals surface area (Å²) in [5.41, 5.74) is -0.963. The number of benzene rings is 1. The number of halogens is 3. The Morgan fingerprint density at radius 3 is 2.65 bits per heavy atom. The lowest BCUT2D eigenvalue weighted by atomic mass is 9.90. The largest absolute Gasteiger partial charge is 0.373 e. The summed E-state index contributed by atoms with van der Waals surface area (Å²) >= 11 is 0. The minimum Gasteiger partial charge on any atom is -0.373 e. The third-order valence-electron chi connectivity index (χ3n) is 7.91. The molecule has 1 saturated heterocycles. The van der Waals surface area contributed by atoms with Crippen molar-refractivity contribution in [1.82, 2.24) is 19.4 Å². The van der Waals surface area contributed by atoms with Crippen molar-refractivity contribution in [3.63, 3.8) is 0 Å². The molecule has 1 aromatic carbocycles. The van der Waals surface area contributed by atoms with Gasteiger partial charge in [-0.05, 0) is 19.4 Å². The van der Waals surface area contributed by atoms with Crippen LogP contribution >= 0.6 is 0 Å². The second-order valence-corrected chi connectivity index (χ2v) is 9.90. The van der Waals surface area contributed by atoms with Gasteiger partial charge in [0.15, 0.2) is 0 Å². The molecule has 1 aliphatic carbocycles. The predicted octanol–water partition coefficient (Wildman–Crippen LogP) is 4.06. The number of rotatable bonds is 6. The number of hydrogen-bond acceptors (Lipinski definition) is 6. The van der Waals surface area contributed by atoms with Crippen molar-refractivity contribution in [2.75, 3.05) is 19.0 Å². The lowest BCUT2D eigenvalue weighted by molar-refractivity contribution is -0.139. The van der Waals surface area contributed by atoms with Crippen LogP contribution in [0.3, 0.4) is 0 Å². The molecular weight excluding hydrogens is 487 g/mol. The molecule has 1 saturated carbocycles. The van der Waals surface area contributed by atoms with Crippen molar-refractivity contribution in [2.24, 2.45) is 13.0 Å². The van der Waals surface area contributed by atoms with Crippen molar-refractivity contribution >= 4 is 22.8 Å². The number of alkyl halides is 2. The van der Waals surface area contributed by atoms with Crippen molar-refractivity contribution in [1.29, 1.82) is 0 Å². The number of carbonyl (C=O) groups is 1. The standard InChI is InChI=1S/C26H28F3N5O3/c1-13(16-6-5-7-17(21(16)27)22(28)29)32-23-18-8-19(25(36)33(3)24(18)31-12-30-23)26(37-4)9-15-11-34(14(2)35)20(15)10-26/h5-8,12-13,15,20,22H,9-11H2,1-4H3,(H,30,31,32)/t13-,15?,20?,26?/m1/s1. The van der Waals surface area contributed by atoms with Crippen LogP contribution in [0, 0.1) is 11.7 Å². The molecule has 2 aromatic heterocycles. The van der Waals surface area contributed by atoms with Gasteiger partial charge in [-0.1, -0.05) is 18.2 Å². The fourth-order valence-corrected chi connectivity index (χ4v) is 5.87. The Morgan fingerprint density at radius 1 is 1.24 bits per heavy atom. The van der Waals surface area contributed by atoms with E-state index >= 15 is 0 Å². The fourth-order valence-electron chi connectivity index (χ4n) is 5.87. The van der Waals surface area contributed by atoms with E-state index in [-0.39, 0.29) is 29.0 Å². The maximum Gasteiger partial charge on any atom is 0.266 e. The minimum absolute atomic E-state index is 0.00316. The molecular formula is C26H28F3N5O3. The van der Waals surface area contributed by atoms with Crippen molar-refractivity contribution in [2.45, 2.75) is 50.8 Å². The molecule has 8 nitrogen and oxygen atoms in total. The number of nitrogens with one attached hydrogen (secondary N) is 1. The van der Waals surface area contributed by atoms with Gasteiger partial charge in [-0.25, -0.2) is 23.1 Å². The maximum absolute atomic E-state index is 14.8. The zero-order chi connectivity index (χ0) is 26.6. The van der Waals surface area contributed by atoms with Gasteiger partial charge < -0.3 is 15.0 Å². The van der Waals surface area contributed by atoms with Crippen LogP contribution in [0.25, 0.3) is 11.0 Å². The van der Waals surface area contributed by atoms with Crippen LogP contribution in [0.15, 0.2) is 35.4 Å². The molecule has 0 spiro atoms. The van der Waals surface area contributed by atoms with Gasteiger partial charge in [0.25, 0.3) is 12.0 Å². The second-order valence-electron chi connectivity index (χ2n) is 9.90. The molecule has 37 heavy (non-hydrogen) atoms.